The van der Waals surface area contributed by atoms with Crippen LogP contribution < -0.4 is 9.47 Å². The Hall–Kier alpha value is -3.78. The van der Waals surface area contributed by atoms with E-state index >= 15 is 0 Å². The first-order valence-corrected chi connectivity index (χ1v) is 10.2. The van der Waals surface area contributed by atoms with Gasteiger partial charge in [-0.2, -0.15) is 0 Å². The summed E-state index contributed by atoms with van der Waals surface area (Å²) in [7, 11) is 2.81. The van der Waals surface area contributed by atoms with E-state index in [0.29, 0.717) is 17.1 Å². The van der Waals surface area contributed by atoms with Crippen LogP contribution >= 0.6 is 11.6 Å². The number of nitrogens with zero attached hydrogens (tertiary/aromatic N) is 1. The van der Waals surface area contributed by atoms with Gasteiger partial charge in [-0.3, -0.25) is 9.59 Å². The first-order chi connectivity index (χ1) is 15.8. The zero-order valence-electron chi connectivity index (χ0n) is 17.7. The minimum absolute atomic E-state index is 0.0309. The number of amides is 1. The molecule has 0 saturated carbocycles. The lowest BCUT2D eigenvalue weighted by Crippen LogP contribution is -2.29. The first kappa shape index (κ1) is 22.4. The molecule has 33 heavy (non-hydrogen) atoms. The zero-order valence-corrected chi connectivity index (χ0v) is 18.4. The van der Waals surface area contributed by atoms with Crippen molar-refractivity contribution in [3.05, 3.63) is 88.1 Å². The summed E-state index contributed by atoms with van der Waals surface area (Å²) in [6.07, 6.45) is 1.45. The van der Waals surface area contributed by atoms with Crippen LogP contribution in [0.2, 0.25) is 5.02 Å². The van der Waals surface area contributed by atoms with Crippen LogP contribution in [0.15, 0.2) is 64.8 Å². The number of benzene rings is 2. The molecule has 0 aliphatic carbocycles. The predicted octanol–water partition coefficient (Wildman–Crippen LogP) is 4.71. The molecule has 1 atom stereocenters. The molecule has 1 amide bonds. The second kappa shape index (κ2) is 8.99. The van der Waals surface area contributed by atoms with Crippen molar-refractivity contribution in [2.75, 3.05) is 14.2 Å². The molecule has 3 aromatic rings. The van der Waals surface area contributed by atoms with Crippen LogP contribution in [0.1, 0.15) is 22.9 Å². The number of rotatable bonds is 6. The van der Waals surface area contributed by atoms with Gasteiger partial charge in [0.2, 0.25) is 0 Å². The molecule has 1 unspecified atom stereocenters. The Morgan fingerprint density at radius 1 is 1.12 bits per heavy atom. The molecule has 0 bridgehead atoms. The zero-order chi connectivity index (χ0) is 23.7. The molecular formula is C24H19ClFNO6. The van der Waals surface area contributed by atoms with E-state index in [2.05, 4.69) is 0 Å². The number of hydrogen-bond donors (Lipinski definition) is 1. The lowest BCUT2D eigenvalue weighted by Gasteiger charge is -2.24. The average Bonchev–Trinajstić information content (AvgIpc) is 3.41. The lowest BCUT2D eigenvalue weighted by molar-refractivity contribution is -0.140. The Morgan fingerprint density at radius 2 is 1.82 bits per heavy atom. The summed E-state index contributed by atoms with van der Waals surface area (Å²) < 4.78 is 29.5. The quantitative estimate of drug-likeness (QED) is 0.318. The van der Waals surface area contributed by atoms with Crippen molar-refractivity contribution >= 4 is 29.1 Å². The van der Waals surface area contributed by atoms with Crippen LogP contribution in [0.5, 0.6) is 11.5 Å². The molecular weight excluding hydrogens is 453 g/mol. The van der Waals surface area contributed by atoms with E-state index in [-0.39, 0.29) is 28.5 Å². The van der Waals surface area contributed by atoms with Crippen LogP contribution in [-0.2, 0) is 16.1 Å². The Kier molecular flexibility index (Phi) is 6.11. The van der Waals surface area contributed by atoms with Crippen LogP contribution in [0.25, 0.3) is 5.76 Å². The van der Waals surface area contributed by atoms with E-state index in [0.717, 1.165) is 0 Å². The monoisotopic (exact) mass is 471 g/mol. The number of Topliss-reactive ketones (excluding diaryl/α,β-unsaturated/α-hetero) is 1. The maximum absolute atomic E-state index is 13.6. The van der Waals surface area contributed by atoms with Gasteiger partial charge in [0, 0.05) is 6.07 Å². The average molecular weight is 472 g/mol. The molecule has 2 aromatic carbocycles. The fraction of sp³-hybridized carbons (Fsp3) is 0.167. The van der Waals surface area contributed by atoms with Crippen molar-refractivity contribution in [3.63, 3.8) is 0 Å². The van der Waals surface area contributed by atoms with Gasteiger partial charge in [0.25, 0.3) is 11.7 Å². The van der Waals surface area contributed by atoms with Gasteiger partial charge in [-0.15, -0.1) is 0 Å². The standard InChI is InChI=1S/C24H19ClFNO6/c1-31-18-11-19(32-2)17(25)10-16(18)22(28)20-21(13-5-7-14(26)8-6-13)27(24(30)23(20)29)12-15-4-3-9-33-15/h3-11,21,28H,12H2,1-2H3/b22-20+. The number of hydrogen-bond acceptors (Lipinski definition) is 6. The van der Waals surface area contributed by atoms with Gasteiger partial charge in [-0.25, -0.2) is 4.39 Å². The van der Waals surface area contributed by atoms with Crippen molar-refractivity contribution in [2.45, 2.75) is 12.6 Å². The number of ketones is 1. The molecule has 4 rings (SSSR count). The van der Waals surface area contributed by atoms with Gasteiger partial charge in [-0.05, 0) is 35.9 Å². The number of halogens is 2. The summed E-state index contributed by atoms with van der Waals surface area (Å²) >= 11 is 6.24. The van der Waals surface area contributed by atoms with Gasteiger partial charge in [0.05, 0.1) is 49.2 Å². The Bertz CT molecular complexity index is 1240. The number of furan rings is 1. The van der Waals surface area contributed by atoms with E-state index < -0.39 is 29.3 Å². The topological polar surface area (TPSA) is 89.2 Å². The highest BCUT2D eigenvalue weighted by atomic mass is 35.5. The summed E-state index contributed by atoms with van der Waals surface area (Å²) in [5.74, 6) is -1.77. The predicted molar refractivity (Wildman–Crippen MR) is 118 cm³/mol. The first-order valence-electron chi connectivity index (χ1n) is 9.83. The van der Waals surface area contributed by atoms with Crippen molar-refractivity contribution < 1.29 is 33.0 Å². The number of methoxy groups -OCH3 is 2. The molecule has 170 valence electrons. The largest absolute Gasteiger partial charge is 0.507 e. The maximum atomic E-state index is 13.6. The van der Waals surface area contributed by atoms with Crippen LogP contribution in [0.4, 0.5) is 4.39 Å². The summed E-state index contributed by atoms with van der Waals surface area (Å²) in [6.45, 7) is -0.0309. The highest BCUT2D eigenvalue weighted by Gasteiger charge is 2.46. The molecule has 7 nitrogen and oxygen atoms in total. The third kappa shape index (κ3) is 4.05. The molecule has 1 aromatic heterocycles. The minimum atomic E-state index is -0.999. The van der Waals surface area contributed by atoms with Crippen molar-refractivity contribution in [2.24, 2.45) is 0 Å². The Morgan fingerprint density at radius 3 is 2.42 bits per heavy atom. The second-order valence-electron chi connectivity index (χ2n) is 7.24. The third-order valence-corrected chi connectivity index (χ3v) is 5.66. The van der Waals surface area contributed by atoms with Crippen molar-refractivity contribution in [1.29, 1.82) is 0 Å². The number of aliphatic hydroxyl groups excluding tert-OH is 1. The molecule has 1 aliphatic rings. The summed E-state index contributed by atoms with van der Waals surface area (Å²) in [5.41, 5.74) is 0.353. The van der Waals surface area contributed by atoms with E-state index in [1.165, 1.54) is 61.8 Å². The summed E-state index contributed by atoms with van der Waals surface area (Å²) in [4.78, 5) is 27.4. The molecule has 2 heterocycles. The lowest BCUT2D eigenvalue weighted by atomic mass is 9.95. The summed E-state index contributed by atoms with van der Waals surface area (Å²) in [6, 6.07) is 10.5. The van der Waals surface area contributed by atoms with Crippen molar-refractivity contribution in [1.82, 2.24) is 4.90 Å². The number of likely N-dealkylation sites (tertiary alicyclic amines) is 1. The summed E-state index contributed by atoms with van der Waals surface area (Å²) in [5, 5.41) is 11.4. The van der Waals surface area contributed by atoms with Crippen molar-refractivity contribution in [3.8, 4) is 11.5 Å². The molecule has 1 fully saturated rings. The highest BCUT2D eigenvalue weighted by Crippen LogP contribution is 2.43. The number of carbonyl (C=O) groups excluding carboxylic acids is 2. The Balaban J connectivity index is 1.91. The normalized spacial score (nSPS) is 17.5. The van der Waals surface area contributed by atoms with E-state index in [4.69, 9.17) is 25.5 Å². The van der Waals surface area contributed by atoms with E-state index in [1.807, 2.05) is 0 Å². The smallest absolute Gasteiger partial charge is 0.296 e. The van der Waals surface area contributed by atoms with Gasteiger partial charge in [-0.1, -0.05) is 23.7 Å². The van der Waals surface area contributed by atoms with Gasteiger partial charge >= 0.3 is 0 Å². The third-order valence-electron chi connectivity index (χ3n) is 5.36. The van der Waals surface area contributed by atoms with Crippen LogP contribution in [0.3, 0.4) is 0 Å². The fourth-order valence-electron chi connectivity index (χ4n) is 3.80. The molecule has 0 radical (unpaired) electrons. The highest BCUT2D eigenvalue weighted by molar-refractivity contribution is 6.46. The molecule has 1 N–H and O–H groups in total. The fourth-order valence-corrected chi connectivity index (χ4v) is 4.04. The maximum Gasteiger partial charge on any atom is 0.296 e. The van der Waals surface area contributed by atoms with Crippen LogP contribution in [0, 0.1) is 5.82 Å². The van der Waals surface area contributed by atoms with Gasteiger partial charge in [0.1, 0.15) is 28.8 Å². The SMILES string of the molecule is COc1cc(OC)c(/C(O)=C2\C(=O)C(=O)N(Cc3ccco3)C2c2ccc(F)cc2)cc1Cl. The minimum Gasteiger partial charge on any atom is -0.507 e. The van der Waals surface area contributed by atoms with Gasteiger partial charge < -0.3 is 23.9 Å². The Labute approximate surface area is 193 Å². The molecule has 1 saturated heterocycles. The number of ether oxygens (including phenoxy) is 2. The van der Waals surface area contributed by atoms with E-state index in [9.17, 15) is 19.1 Å². The van der Waals surface area contributed by atoms with E-state index in [1.54, 1.807) is 12.1 Å². The number of aliphatic hydroxyl groups is 1. The number of carbonyl (C=O) groups is 2. The molecule has 0 spiro atoms. The van der Waals surface area contributed by atoms with Gasteiger partial charge in [0.15, 0.2) is 0 Å². The molecule has 9 heteroatoms. The second-order valence-corrected chi connectivity index (χ2v) is 7.65. The molecule has 1 aliphatic heterocycles. The van der Waals surface area contributed by atoms with Crippen LogP contribution in [-0.4, -0.2) is 35.9 Å².